The molecule has 0 atom stereocenters. The number of amidine groups is 2. The van der Waals surface area contributed by atoms with E-state index < -0.39 is 0 Å². The first-order chi connectivity index (χ1) is 8.52. The molecule has 0 aliphatic rings. The predicted octanol–water partition coefficient (Wildman–Crippen LogP) is 0.0406. The van der Waals surface area contributed by atoms with Gasteiger partial charge in [-0.15, -0.1) is 10.2 Å². The smallest absolute Gasteiger partial charge is 0.124 e. The van der Waals surface area contributed by atoms with Crippen LogP contribution in [0.2, 0.25) is 0 Å². The molecule has 0 saturated heterocycles. The Morgan fingerprint density at radius 1 is 0.833 bits per heavy atom. The first kappa shape index (κ1) is 16.9. The van der Waals surface area contributed by atoms with Gasteiger partial charge in [0.05, 0.1) is 0 Å². The quantitative estimate of drug-likeness (QED) is 0.384. The Morgan fingerprint density at radius 3 is 1.44 bits per heavy atom. The third kappa shape index (κ3) is 7.24. The van der Waals surface area contributed by atoms with E-state index in [0.29, 0.717) is 0 Å². The van der Waals surface area contributed by atoms with Gasteiger partial charge in [0, 0.05) is 40.3 Å². The van der Waals surface area contributed by atoms with E-state index >= 15 is 0 Å². The molecule has 0 spiro atoms. The Hall–Kier alpha value is -1.14. The van der Waals surface area contributed by atoms with E-state index in [2.05, 4.69) is 30.6 Å². The van der Waals surface area contributed by atoms with Gasteiger partial charge in [0.25, 0.3) is 0 Å². The summed E-state index contributed by atoms with van der Waals surface area (Å²) in [6.45, 7) is 7.67. The average Bonchev–Trinajstić information content (AvgIpc) is 2.38. The lowest BCUT2D eigenvalue weighted by atomic mass is 10.5. The summed E-state index contributed by atoms with van der Waals surface area (Å²) >= 11 is 0. The number of nitrogens with one attached hydrogen (secondary N) is 2. The van der Waals surface area contributed by atoms with Gasteiger partial charge in [-0.25, -0.2) is 0 Å². The summed E-state index contributed by atoms with van der Waals surface area (Å²) in [5.74, 6) is 1.85. The molecule has 2 N–H and O–H groups in total. The van der Waals surface area contributed by atoms with E-state index in [1.807, 2.05) is 42.0 Å². The van der Waals surface area contributed by atoms with Crippen LogP contribution in [0.1, 0.15) is 13.8 Å². The number of nitrogens with zero attached hydrogens (tertiary/aromatic N) is 4. The molecule has 0 heterocycles. The number of likely N-dealkylation sites (N-methyl/N-ethyl adjacent to an activating group) is 4. The normalized spacial score (nSPS) is 12.8. The Morgan fingerprint density at radius 2 is 1.17 bits per heavy atom. The SMILES string of the molecule is CNCCN(C)C(C)=NN=C(C)N(C)CCNC. The molecule has 18 heavy (non-hydrogen) atoms. The van der Waals surface area contributed by atoms with Crippen molar-refractivity contribution in [2.75, 3.05) is 54.4 Å². The van der Waals surface area contributed by atoms with Crippen molar-refractivity contribution in [1.29, 1.82) is 0 Å². The lowest BCUT2D eigenvalue weighted by Gasteiger charge is -2.19. The minimum absolute atomic E-state index is 0.923. The second kappa shape index (κ2) is 9.85. The van der Waals surface area contributed by atoms with Crippen LogP contribution in [0.5, 0.6) is 0 Å². The number of hydrogen-bond donors (Lipinski definition) is 2. The van der Waals surface area contributed by atoms with E-state index in [4.69, 9.17) is 0 Å². The first-order valence-corrected chi connectivity index (χ1v) is 6.33. The monoisotopic (exact) mass is 256 g/mol. The topological polar surface area (TPSA) is 55.3 Å². The maximum Gasteiger partial charge on any atom is 0.124 e. The van der Waals surface area contributed by atoms with Crippen molar-refractivity contribution in [3.8, 4) is 0 Å². The highest BCUT2D eigenvalue weighted by molar-refractivity contribution is 5.83. The maximum absolute atomic E-state index is 4.25. The average molecular weight is 256 g/mol. The molecule has 106 valence electrons. The minimum atomic E-state index is 0.923. The van der Waals surface area contributed by atoms with Crippen LogP contribution in [-0.4, -0.2) is 75.8 Å². The third-order valence-corrected chi connectivity index (χ3v) is 2.84. The van der Waals surface area contributed by atoms with Crippen LogP contribution < -0.4 is 10.6 Å². The van der Waals surface area contributed by atoms with E-state index in [9.17, 15) is 0 Å². The molecule has 0 radical (unpaired) electrons. The molecule has 0 aliphatic carbocycles. The Kier molecular flexibility index (Phi) is 9.22. The molecule has 0 aromatic heterocycles. The highest BCUT2D eigenvalue weighted by atomic mass is 15.3. The fraction of sp³-hybridized carbons (Fsp3) is 0.833. The lowest BCUT2D eigenvalue weighted by molar-refractivity contribution is 0.484. The molecule has 6 heteroatoms. The van der Waals surface area contributed by atoms with Crippen molar-refractivity contribution in [3.05, 3.63) is 0 Å². The molecule has 0 aromatic rings. The van der Waals surface area contributed by atoms with Gasteiger partial charge in [-0.2, -0.15) is 0 Å². The van der Waals surface area contributed by atoms with Crippen LogP contribution in [0, 0.1) is 0 Å². The molecule has 0 saturated carbocycles. The standard InChI is InChI=1S/C12H28N6/c1-11(17(5)9-7-13-3)15-16-12(2)18(6)10-8-14-4/h13-14H,7-10H2,1-6H3. The second-order valence-electron chi connectivity index (χ2n) is 4.34. The van der Waals surface area contributed by atoms with Crippen LogP contribution in [0.3, 0.4) is 0 Å². The fourth-order valence-corrected chi connectivity index (χ4v) is 1.18. The molecule has 0 fully saturated rings. The summed E-state index contributed by atoms with van der Waals surface area (Å²) in [6.07, 6.45) is 0. The van der Waals surface area contributed by atoms with E-state index in [1.54, 1.807) is 0 Å². The van der Waals surface area contributed by atoms with Crippen molar-refractivity contribution >= 4 is 11.7 Å². The molecule has 0 bridgehead atoms. The van der Waals surface area contributed by atoms with Crippen molar-refractivity contribution in [3.63, 3.8) is 0 Å². The van der Waals surface area contributed by atoms with Gasteiger partial charge in [0.15, 0.2) is 0 Å². The van der Waals surface area contributed by atoms with Gasteiger partial charge >= 0.3 is 0 Å². The summed E-state index contributed by atoms with van der Waals surface area (Å²) in [5, 5.41) is 14.7. The van der Waals surface area contributed by atoms with Crippen LogP contribution in [-0.2, 0) is 0 Å². The first-order valence-electron chi connectivity index (χ1n) is 6.33. The highest BCUT2D eigenvalue weighted by Gasteiger charge is 2.01. The summed E-state index contributed by atoms with van der Waals surface area (Å²) in [5.41, 5.74) is 0. The van der Waals surface area contributed by atoms with Gasteiger partial charge in [0.2, 0.25) is 0 Å². The van der Waals surface area contributed by atoms with Crippen molar-refractivity contribution < 1.29 is 0 Å². The molecule has 6 nitrogen and oxygen atoms in total. The molecule has 0 aromatic carbocycles. The highest BCUT2D eigenvalue weighted by Crippen LogP contribution is 1.92. The molecular formula is C12H28N6. The van der Waals surface area contributed by atoms with Gasteiger partial charge in [-0.1, -0.05) is 0 Å². The largest absolute Gasteiger partial charge is 0.361 e. The summed E-state index contributed by atoms with van der Waals surface area (Å²) in [7, 11) is 7.93. The van der Waals surface area contributed by atoms with Gasteiger partial charge < -0.3 is 20.4 Å². The van der Waals surface area contributed by atoms with Crippen LogP contribution in [0.25, 0.3) is 0 Å². The van der Waals surface area contributed by atoms with Crippen molar-refractivity contribution in [1.82, 2.24) is 20.4 Å². The zero-order chi connectivity index (χ0) is 14.0. The Balaban J connectivity index is 4.29. The molecule has 0 rings (SSSR count). The molecule has 0 amide bonds. The molecule has 0 aliphatic heterocycles. The van der Waals surface area contributed by atoms with Crippen LogP contribution >= 0.6 is 0 Å². The van der Waals surface area contributed by atoms with E-state index in [1.165, 1.54) is 0 Å². The number of hydrogen-bond acceptors (Lipinski definition) is 4. The lowest BCUT2D eigenvalue weighted by Crippen LogP contribution is -2.32. The zero-order valence-corrected chi connectivity index (χ0v) is 12.6. The van der Waals surface area contributed by atoms with E-state index in [0.717, 1.165) is 37.9 Å². The zero-order valence-electron chi connectivity index (χ0n) is 12.6. The number of rotatable bonds is 7. The van der Waals surface area contributed by atoms with Crippen molar-refractivity contribution in [2.24, 2.45) is 10.2 Å². The second-order valence-corrected chi connectivity index (χ2v) is 4.34. The van der Waals surface area contributed by atoms with Gasteiger partial charge in [0.1, 0.15) is 11.7 Å². The maximum atomic E-state index is 4.25. The molecule has 0 unspecified atom stereocenters. The van der Waals surface area contributed by atoms with Crippen LogP contribution in [0.4, 0.5) is 0 Å². The molecular weight excluding hydrogens is 228 g/mol. The third-order valence-electron chi connectivity index (χ3n) is 2.84. The van der Waals surface area contributed by atoms with Gasteiger partial charge in [-0.05, 0) is 27.9 Å². The Labute approximate surface area is 111 Å². The van der Waals surface area contributed by atoms with Crippen LogP contribution in [0.15, 0.2) is 10.2 Å². The van der Waals surface area contributed by atoms with Crippen molar-refractivity contribution in [2.45, 2.75) is 13.8 Å². The summed E-state index contributed by atoms with van der Waals surface area (Å²) in [4.78, 5) is 4.17. The summed E-state index contributed by atoms with van der Waals surface area (Å²) in [6, 6.07) is 0. The minimum Gasteiger partial charge on any atom is -0.361 e. The van der Waals surface area contributed by atoms with E-state index in [-0.39, 0.29) is 0 Å². The predicted molar refractivity (Wildman–Crippen MR) is 79.3 cm³/mol. The Bertz CT molecular complexity index is 246. The summed E-state index contributed by atoms with van der Waals surface area (Å²) < 4.78 is 0. The van der Waals surface area contributed by atoms with Gasteiger partial charge in [-0.3, -0.25) is 0 Å². The fourth-order valence-electron chi connectivity index (χ4n) is 1.18.